The first-order valence-electron chi connectivity index (χ1n) is 9.40. The van der Waals surface area contributed by atoms with E-state index in [1.807, 2.05) is 42.5 Å². The predicted molar refractivity (Wildman–Crippen MR) is 116 cm³/mol. The van der Waals surface area contributed by atoms with E-state index in [9.17, 15) is 9.59 Å². The summed E-state index contributed by atoms with van der Waals surface area (Å²) in [5, 5.41) is 7.92. The summed E-state index contributed by atoms with van der Waals surface area (Å²) in [7, 11) is 3.32. The number of hydrogen-bond donors (Lipinski definition) is 2. The lowest BCUT2D eigenvalue weighted by Gasteiger charge is -2.23. The maximum Gasteiger partial charge on any atom is 0.241 e. The first kappa shape index (κ1) is 20.4. The molecule has 3 aromatic carbocycles. The van der Waals surface area contributed by atoms with Crippen LogP contribution in [0, 0.1) is 0 Å². The number of benzene rings is 3. The number of anilines is 2. The van der Waals surface area contributed by atoms with E-state index in [-0.39, 0.29) is 18.4 Å². The number of carbonyl (C=O) groups is 2. The first-order valence-corrected chi connectivity index (χ1v) is 9.40. The summed E-state index contributed by atoms with van der Waals surface area (Å²) in [6.45, 7) is 1.86. The number of rotatable bonds is 7. The normalized spacial score (nSPS) is 11.9. The van der Waals surface area contributed by atoms with Gasteiger partial charge in [-0.05, 0) is 49.0 Å². The Kier molecular flexibility index (Phi) is 6.46. The molecule has 0 aliphatic heterocycles. The molecule has 0 saturated heterocycles. The Hall–Kier alpha value is -3.38. The number of likely N-dealkylation sites (N-methyl/N-ethyl adjacent to an activating group) is 1. The van der Waals surface area contributed by atoms with Crippen molar-refractivity contribution >= 4 is 34.0 Å². The molecule has 2 N–H and O–H groups in total. The highest BCUT2D eigenvalue weighted by Gasteiger charge is 2.20. The third-order valence-corrected chi connectivity index (χ3v) is 4.80. The van der Waals surface area contributed by atoms with Crippen LogP contribution in [0.2, 0.25) is 0 Å². The molecule has 0 aliphatic rings. The van der Waals surface area contributed by atoms with Gasteiger partial charge in [0.05, 0.1) is 19.7 Å². The van der Waals surface area contributed by atoms with Gasteiger partial charge in [-0.3, -0.25) is 14.5 Å². The van der Waals surface area contributed by atoms with Crippen molar-refractivity contribution in [1.29, 1.82) is 0 Å². The molecule has 0 heterocycles. The van der Waals surface area contributed by atoms with Crippen molar-refractivity contribution in [3.63, 3.8) is 0 Å². The zero-order valence-electron chi connectivity index (χ0n) is 16.8. The van der Waals surface area contributed by atoms with Crippen LogP contribution in [-0.4, -0.2) is 43.5 Å². The third kappa shape index (κ3) is 5.33. The van der Waals surface area contributed by atoms with Crippen LogP contribution in [0.3, 0.4) is 0 Å². The highest BCUT2D eigenvalue weighted by Crippen LogP contribution is 2.19. The van der Waals surface area contributed by atoms with E-state index in [4.69, 9.17) is 4.74 Å². The lowest BCUT2D eigenvalue weighted by Crippen LogP contribution is -2.43. The molecule has 3 rings (SSSR count). The molecule has 0 radical (unpaired) electrons. The lowest BCUT2D eigenvalue weighted by molar-refractivity contribution is -0.122. The van der Waals surface area contributed by atoms with Gasteiger partial charge >= 0.3 is 0 Å². The van der Waals surface area contributed by atoms with Gasteiger partial charge in [-0.25, -0.2) is 0 Å². The standard InChI is InChI=1S/C23H25N3O3/c1-16(23(28)25-20-12-11-17-7-4-5-8-18(17)13-20)26(2)15-22(27)24-19-9-6-10-21(14-19)29-3/h4-14,16H,15H2,1-3H3,(H,24,27)(H,25,28). The fourth-order valence-electron chi connectivity index (χ4n) is 2.98. The second-order valence-electron chi connectivity index (χ2n) is 6.92. The molecule has 0 fully saturated rings. The Bertz CT molecular complexity index is 1020. The molecule has 0 aliphatic carbocycles. The topological polar surface area (TPSA) is 70.7 Å². The smallest absolute Gasteiger partial charge is 0.241 e. The zero-order valence-corrected chi connectivity index (χ0v) is 16.8. The zero-order chi connectivity index (χ0) is 20.8. The molecular weight excluding hydrogens is 366 g/mol. The van der Waals surface area contributed by atoms with Gasteiger partial charge in [0.25, 0.3) is 0 Å². The van der Waals surface area contributed by atoms with Crippen LogP contribution in [0.4, 0.5) is 11.4 Å². The summed E-state index contributed by atoms with van der Waals surface area (Å²) in [5.41, 5.74) is 1.38. The maximum absolute atomic E-state index is 12.6. The number of ether oxygens (including phenoxy) is 1. The number of fused-ring (bicyclic) bond motifs is 1. The van der Waals surface area contributed by atoms with Crippen LogP contribution in [0.15, 0.2) is 66.7 Å². The van der Waals surface area contributed by atoms with Crippen molar-refractivity contribution in [1.82, 2.24) is 4.90 Å². The van der Waals surface area contributed by atoms with E-state index in [2.05, 4.69) is 10.6 Å². The Labute approximate surface area is 170 Å². The number of amides is 2. The van der Waals surface area contributed by atoms with Crippen LogP contribution in [0.1, 0.15) is 6.92 Å². The number of hydrogen-bond acceptors (Lipinski definition) is 4. The molecule has 0 saturated carbocycles. The van der Waals surface area contributed by atoms with Gasteiger partial charge < -0.3 is 15.4 Å². The van der Waals surface area contributed by atoms with Gasteiger partial charge in [0.2, 0.25) is 11.8 Å². The summed E-state index contributed by atoms with van der Waals surface area (Å²) in [6.07, 6.45) is 0. The van der Waals surface area contributed by atoms with E-state index in [1.54, 1.807) is 50.2 Å². The van der Waals surface area contributed by atoms with Crippen molar-refractivity contribution in [3.05, 3.63) is 66.7 Å². The Morgan fingerprint density at radius 3 is 2.41 bits per heavy atom. The van der Waals surface area contributed by atoms with Crippen LogP contribution >= 0.6 is 0 Å². The van der Waals surface area contributed by atoms with Crippen LogP contribution in [0.25, 0.3) is 10.8 Å². The van der Waals surface area contributed by atoms with Crippen LogP contribution < -0.4 is 15.4 Å². The van der Waals surface area contributed by atoms with Gasteiger partial charge in [-0.15, -0.1) is 0 Å². The SMILES string of the molecule is COc1cccc(NC(=O)CN(C)C(C)C(=O)Nc2ccc3ccccc3c2)c1. The van der Waals surface area contributed by atoms with Crippen LogP contribution in [-0.2, 0) is 9.59 Å². The largest absolute Gasteiger partial charge is 0.497 e. The minimum atomic E-state index is -0.475. The average molecular weight is 391 g/mol. The molecule has 1 atom stereocenters. The van der Waals surface area contributed by atoms with Gasteiger partial charge in [-0.1, -0.05) is 36.4 Å². The molecule has 0 aromatic heterocycles. The number of carbonyl (C=O) groups excluding carboxylic acids is 2. The third-order valence-electron chi connectivity index (χ3n) is 4.80. The van der Waals surface area contributed by atoms with Crippen molar-refractivity contribution in [2.75, 3.05) is 31.3 Å². The van der Waals surface area contributed by atoms with E-state index >= 15 is 0 Å². The van der Waals surface area contributed by atoms with Gasteiger partial charge in [-0.2, -0.15) is 0 Å². The summed E-state index contributed by atoms with van der Waals surface area (Å²) < 4.78 is 5.16. The van der Waals surface area contributed by atoms with Crippen LogP contribution in [0.5, 0.6) is 5.75 Å². The monoisotopic (exact) mass is 391 g/mol. The van der Waals surface area contributed by atoms with Crippen molar-refractivity contribution in [2.24, 2.45) is 0 Å². The highest BCUT2D eigenvalue weighted by molar-refractivity contribution is 5.98. The summed E-state index contributed by atoms with van der Waals surface area (Å²) in [5.74, 6) is 0.294. The predicted octanol–water partition coefficient (Wildman–Crippen LogP) is 3.75. The number of nitrogens with zero attached hydrogens (tertiary/aromatic N) is 1. The first-order chi connectivity index (χ1) is 14.0. The lowest BCUT2D eigenvalue weighted by atomic mass is 10.1. The van der Waals surface area contributed by atoms with E-state index < -0.39 is 6.04 Å². The second-order valence-corrected chi connectivity index (χ2v) is 6.92. The highest BCUT2D eigenvalue weighted by atomic mass is 16.5. The van der Waals surface area contributed by atoms with E-state index in [1.165, 1.54) is 0 Å². The summed E-state index contributed by atoms with van der Waals surface area (Å²) >= 11 is 0. The molecule has 0 bridgehead atoms. The fraction of sp³-hybridized carbons (Fsp3) is 0.217. The molecule has 2 amide bonds. The number of nitrogens with one attached hydrogen (secondary N) is 2. The van der Waals surface area contributed by atoms with Crippen molar-refractivity contribution in [3.8, 4) is 5.75 Å². The van der Waals surface area contributed by atoms with Crippen molar-refractivity contribution in [2.45, 2.75) is 13.0 Å². The minimum Gasteiger partial charge on any atom is -0.497 e. The molecule has 6 heteroatoms. The van der Waals surface area contributed by atoms with Gasteiger partial charge in [0.15, 0.2) is 0 Å². The quantitative estimate of drug-likeness (QED) is 0.644. The van der Waals surface area contributed by atoms with Gasteiger partial charge in [0.1, 0.15) is 5.75 Å². The molecule has 1 unspecified atom stereocenters. The number of methoxy groups -OCH3 is 1. The van der Waals surface area contributed by atoms with Gasteiger partial charge in [0, 0.05) is 17.4 Å². The Morgan fingerprint density at radius 1 is 0.931 bits per heavy atom. The molecule has 0 spiro atoms. The molecule has 6 nitrogen and oxygen atoms in total. The summed E-state index contributed by atoms with van der Waals surface area (Å²) in [6, 6.07) is 20.4. The maximum atomic E-state index is 12.6. The summed E-state index contributed by atoms with van der Waals surface area (Å²) in [4.78, 5) is 26.6. The fourth-order valence-corrected chi connectivity index (χ4v) is 2.98. The minimum absolute atomic E-state index is 0.0868. The second kappa shape index (κ2) is 9.21. The molecular formula is C23H25N3O3. The van der Waals surface area contributed by atoms with Crippen molar-refractivity contribution < 1.29 is 14.3 Å². The molecule has 150 valence electrons. The van der Waals surface area contributed by atoms with E-state index in [0.29, 0.717) is 11.4 Å². The average Bonchev–Trinajstić information content (AvgIpc) is 2.73. The molecule has 29 heavy (non-hydrogen) atoms. The molecule has 3 aromatic rings. The Balaban J connectivity index is 1.57. The Morgan fingerprint density at radius 2 is 1.66 bits per heavy atom. The van der Waals surface area contributed by atoms with E-state index in [0.717, 1.165) is 16.5 Å².